The van der Waals surface area contributed by atoms with Crippen molar-refractivity contribution in [1.82, 2.24) is 4.98 Å². The van der Waals surface area contributed by atoms with E-state index in [4.69, 9.17) is 0 Å². The zero-order valence-electron chi connectivity index (χ0n) is 8.89. The highest BCUT2D eigenvalue weighted by molar-refractivity contribution is 7.18. The molecule has 0 radical (unpaired) electrons. The van der Waals surface area contributed by atoms with Crippen molar-refractivity contribution in [3.63, 3.8) is 0 Å². The van der Waals surface area contributed by atoms with Crippen LogP contribution in [0.3, 0.4) is 0 Å². The van der Waals surface area contributed by atoms with Crippen molar-refractivity contribution < 1.29 is 4.39 Å². The lowest BCUT2D eigenvalue weighted by Crippen LogP contribution is -1.78. The highest BCUT2D eigenvalue weighted by Gasteiger charge is 2.05. The summed E-state index contributed by atoms with van der Waals surface area (Å²) in [5, 5.41) is 0.912. The van der Waals surface area contributed by atoms with Crippen LogP contribution in [0.1, 0.15) is 24.4 Å². The maximum absolute atomic E-state index is 13.2. The van der Waals surface area contributed by atoms with Crippen LogP contribution in [0.25, 0.3) is 10.2 Å². The van der Waals surface area contributed by atoms with E-state index in [9.17, 15) is 4.39 Å². The molecule has 0 amide bonds. The van der Waals surface area contributed by atoms with Crippen LogP contribution in [0.4, 0.5) is 4.39 Å². The Hall–Kier alpha value is -0.960. The molecule has 0 aliphatic rings. The van der Waals surface area contributed by atoms with Crippen molar-refractivity contribution in [3.05, 3.63) is 28.5 Å². The van der Waals surface area contributed by atoms with E-state index >= 15 is 0 Å². The Bertz CT molecular complexity index is 434. The Morgan fingerprint density at radius 3 is 2.50 bits per heavy atom. The molecule has 0 N–H and O–H groups in total. The van der Waals surface area contributed by atoms with Gasteiger partial charge in [0.15, 0.2) is 0 Å². The third kappa shape index (κ3) is 2.10. The molecule has 2 aromatic rings. The molecule has 1 aromatic heterocycles. The fourth-order valence-electron chi connectivity index (χ4n) is 1.23. The van der Waals surface area contributed by atoms with Gasteiger partial charge in [0.25, 0.3) is 0 Å². The summed E-state index contributed by atoms with van der Waals surface area (Å²) in [5.41, 5.74) is 1.69. The summed E-state index contributed by atoms with van der Waals surface area (Å²) in [7, 11) is 0. The van der Waals surface area contributed by atoms with Crippen molar-refractivity contribution in [1.29, 1.82) is 0 Å². The zero-order chi connectivity index (χ0) is 10.7. The molecular formula is C11H14FNS. The molecule has 0 spiro atoms. The number of fused-ring (bicyclic) bond motifs is 1. The standard InChI is InChI=1S/C9H8FNS.C2H6/c1-5-3-7(10)9-8(4-5)11-6(2)12-9;1-2/h3-4H,1-2H3;1-2H3. The number of nitrogens with zero attached hydrogens (tertiary/aromatic N) is 1. The number of aromatic nitrogens is 1. The lowest BCUT2D eigenvalue weighted by atomic mass is 10.2. The van der Waals surface area contributed by atoms with Crippen molar-refractivity contribution >= 4 is 21.6 Å². The van der Waals surface area contributed by atoms with E-state index in [0.29, 0.717) is 4.70 Å². The van der Waals surface area contributed by atoms with Gasteiger partial charge < -0.3 is 0 Å². The normalized spacial score (nSPS) is 9.79. The van der Waals surface area contributed by atoms with Crippen LogP contribution in [-0.4, -0.2) is 4.98 Å². The Balaban J connectivity index is 0.000000461. The molecule has 1 aromatic carbocycles. The largest absolute Gasteiger partial charge is 0.241 e. The average molecular weight is 211 g/mol. The fourth-order valence-corrected chi connectivity index (χ4v) is 2.04. The predicted octanol–water partition coefficient (Wildman–Crippen LogP) is 4.08. The number of hydrogen-bond acceptors (Lipinski definition) is 2. The zero-order valence-corrected chi connectivity index (χ0v) is 9.70. The van der Waals surface area contributed by atoms with Gasteiger partial charge >= 0.3 is 0 Å². The minimum Gasteiger partial charge on any atom is -0.241 e. The molecule has 0 saturated carbocycles. The highest BCUT2D eigenvalue weighted by atomic mass is 32.1. The van der Waals surface area contributed by atoms with Crippen LogP contribution in [0.15, 0.2) is 12.1 Å². The summed E-state index contributed by atoms with van der Waals surface area (Å²) in [5.74, 6) is -0.157. The number of benzene rings is 1. The van der Waals surface area contributed by atoms with Crippen molar-refractivity contribution in [2.75, 3.05) is 0 Å². The highest BCUT2D eigenvalue weighted by Crippen LogP contribution is 2.25. The summed E-state index contributed by atoms with van der Waals surface area (Å²) < 4.78 is 13.9. The number of rotatable bonds is 0. The monoisotopic (exact) mass is 211 g/mol. The Morgan fingerprint density at radius 2 is 1.86 bits per heavy atom. The molecule has 2 rings (SSSR count). The van der Waals surface area contributed by atoms with Gasteiger partial charge in [-0.05, 0) is 31.5 Å². The van der Waals surface area contributed by atoms with Gasteiger partial charge in [-0.2, -0.15) is 0 Å². The summed E-state index contributed by atoms with van der Waals surface area (Å²) >= 11 is 1.40. The van der Waals surface area contributed by atoms with Crippen molar-refractivity contribution in [2.24, 2.45) is 0 Å². The van der Waals surface area contributed by atoms with Gasteiger partial charge in [-0.1, -0.05) is 13.8 Å². The molecule has 1 heterocycles. The molecule has 0 saturated heterocycles. The molecular weight excluding hydrogens is 197 g/mol. The van der Waals surface area contributed by atoms with Gasteiger partial charge in [-0.25, -0.2) is 9.37 Å². The SMILES string of the molecule is CC.Cc1cc(F)c2sc(C)nc2c1. The topological polar surface area (TPSA) is 12.9 Å². The second-order valence-electron chi connectivity index (χ2n) is 2.83. The fraction of sp³-hybridized carbons (Fsp3) is 0.364. The molecule has 3 heteroatoms. The van der Waals surface area contributed by atoms with Crippen LogP contribution in [0, 0.1) is 19.7 Å². The van der Waals surface area contributed by atoms with Crippen LogP contribution >= 0.6 is 11.3 Å². The first-order chi connectivity index (χ1) is 6.66. The van der Waals surface area contributed by atoms with Gasteiger partial charge in [0, 0.05) is 0 Å². The van der Waals surface area contributed by atoms with Gasteiger partial charge in [0.2, 0.25) is 0 Å². The van der Waals surface area contributed by atoms with Crippen LogP contribution < -0.4 is 0 Å². The minimum atomic E-state index is -0.157. The molecule has 0 aliphatic carbocycles. The number of halogens is 1. The van der Waals surface area contributed by atoms with E-state index in [2.05, 4.69) is 4.98 Å². The Kier molecular flexibility index (Phi) is 3.58. The molecule has 0 atom stereocenters. The van der Waals surface area contributed by atoms with Gasteiger partial charge in [0.05, 0.1) is 15.2 Å². The molecule has 0 bridgehead atoms. The third-order valence-corrected chi connectivity index (χ3v) is 2.69. The van der Waals surface area contributed by atoms with Gasteiger partial charge in [0.1, 0.15) is 5.82 Å². The van der Waals surface area contributed by atoms with E-state index in [1.54, 1.807) is 6.07 Å². The lowest BCUT2D eigenvalue weighted by Gasteiger charge is -1.92. The first-order valence-electron chi connectivity index (χ1n) is 4.70. The summed E-state index contributed by atoms with van der Waals surface area (Å²) in [6.45, 7) is 7.76. The first-order valence-corrected chi connectivity index (χ1v) is 5.52. The smallest absolute Gasteiger partial charge is 0.142 e. The summed E-state index contributed by atoms with van der Waals surface area (Å²) in [4.78, 5) is 4.21. The second kappa shape index (κ2) is 4.51. The van der Waals surface area contributed by atoms with Gasteiger partial charge in [-0.3, -0.25) is 0 Å². The van der Waals surface area contributed by atoms with Crippen molar-refractivity contribution in [3.8, 4) is 0 Å². The van der Waals surface area contributed by atoms with E-state index in [0.717, 1.165) is 16.1 Å². The molecule has 1 nitrogen and oxygen atoms in total. The maximum atomic E-state index is 13.2. The van der Waals surface area contributed by atoms with E-state index in [1.165, 1.54) is 11.3 Å². The van der Waals surface area contributed by atoms with E-state index < -0.39 is 0 Å². The average Bonchev–Trinajstić information content (AvgIpc) is 2.49. The van der Waals surface area contributed by atoms with Crippen LogP contribution in [-0.2, 0) is 0 Å². The van der Waals surface area contributed by atoms with E-state index in [1.807, 2.05) is 33.8 Å². The third-order valence-electron chi connectivity index (χ3n) is 1.70. The molecule has 0 unspecified atom stereocenters. The molecule has 0 aliphatic heterocycles. The summed E-state index contributed by atoms with van der Waals surface area (Å²) in [6.07, 6.45) is 0. The Labute approximate surface area is 87.6 Å². The summed E-state index contributed by atoms with van der Waals surface area (Å²) in [6, 6.07) is 3.45. The minimum absolute atomic E-state index is 0.157. The van der Waals surface area contributed by atoms with E-state index in [-0.39, 0.29) is 5.82 Å². The predicted molar refractivity (Wildman–Crippen MR) is 60.4 cm³/mol. The Morgan fingerprint density at radius 1 is 1.21 bits per heavy atom. The number of thiazole rings is 1. The molecule has 76 valence electrons. The van der Waals surface area contributed by atoms with Gasteiger partial charge in [-0.15, -0.1) is 11.3 Å². The first kappa shape index (κ1) is 11.1. The van der Waals surface area contributed by atoms with Crippen LogP contribution in [0.2, 0.25) is 0 Å². The molecule has 0 fully saturated rings. The lowest BCUT2D eigenvalue weighted by molar-refractivity contribution is 0.640. The van der Waals surface area contributed by atoms with Crippen molar-refractivity contribution in [2.45, 2.75) is 27.7 Å². The maximum Gasteiger partial charge on any atom is 0.142 e. The quantitative estimate of drug-likeness (QED) is 0.640. The van der Waals surface area contributed by atoms with Crippen LogP contribution in [0.5, 0.6) is 0 Å². The molecule has 14 heavy (non-hydrogen) atoms. The number of aryl methyl sites for hydroxylation is 2. The second-order valence-corrected chi connectivity index (χ2v) is 4.03. The number of hydrogen-bond donors (Lipinski definition) is 0.